The number of rotatable bonds is 9. The molecule has 170 valence electrons. The van der Waals surface area contributed by atoms with Gasteiger partial charge in [-0.1, -0.05) is 12.1 Å². The minimum atomic E-state index is -0.741. The number of amides is 2. The molecule has 2 aromatic rings. The smallest absolute Gasteiger partial charge is 0.306 e. The zero-order valence-corrected chi connectivity index (χ0v) is 17.8. The van der Waals surface area contributed by atoms with Crippen molar-refractivity contribution in [2.24, 2.45) is 5.92 Å². The second-order valence-electron chi connectivity index (χ2n) is 7.82. The molecule has 0 spiro atoms. The van der Waals surface area contributed by atoms with Gasteiger partial charge in [0.1, 0.15) is 5.75 Å². The Hall–Kier alpha value is -3.39. The first kappa shape index (κ1) is 23.3. The van der Waals surface area contributed by atoms with Gasteiger partial charge in [-0.2, -0.15) is 0 Å². The Bertz CT molecular complexity index is 919. The molecule has 4 N–H and O–H groups in total. The van der Waals surface area contributed by atoms with Crippen molar-refractivity contribution >= 4 is 17.8 Å². The summed E-state index contributed by atoms with van der Waals surface area (Å²) in [6.07, 6.45) is 2.64. The van der Waals surface area contributed by atoms with Gasteiger partial charge in [-0.25, -0.2) is 0 Å². The molecule has 2 aromatic carbocycles. The van der Waals surface area contributed by atoms with Crippen molar-refractivity contribution in [3.05, 3.63) is 65.2 Å². The molecular formula is C24H28N2O6. The molecule has 0 saturated heterocycles. The maximum absolute atomic E-state index is 12.3. The van der Waals surface area contributed by atoms with Crippen LogP contribution in [0.15, 0.2) is 48.5 Å². The van der Waals surface area contributed by atoms with Crippen LogP contribution in [0.4, 0.5) is 0 Å². The number of hydrogen-bond acceptors (Lipinski definition) is 5. The molecule has 0 aromatic heterocycles. The van der Waals surface area contributed by atoms with Crippen LogP contribution in [0.5, 0.6) is 5.75 Å². The van der Waals surface area contributed by atoms with Crippen LogP contribution in [0.2, 0.25) is 0 Å². The third kappa shape index (κ3) is 6.55. The molecule has 3 rings (SSSR count). The highest BCUT2D eigenvalue weighted by Gasteiger charge is 2.26. The van der Waals surface area contributed by atoms with Crippen LogP contribution in [0, 0.1) is 5.92 Å². The summed E-state index contributed by atoms with van der Waals surface area (Å²) in [6.45, 7) is 0.492. The minimum Gasteiger partial charge on any atom is -0.490 e. The molecule has 1 saturated carbocycles. The first-order valence-corrected chi connectivity index (χ1v) is 10.7. The lowest BCUT2D eigenvalue weighted by atomic mass is 9.87. The Balaban J connectivity index is 1.38. The Kier molecular flexibility index (Phi) is 8.21. The summed E-state index contributed by atoms with van der Waals surface area (Å²) in [6, 6.07) is 13.5. The van der Waals surface area contributed by atoms with Gasteiger partial charge in [-0.15, -0.1) is 0 Å². The van der Waals surface area contributed by atoms with E-state index < -0.39 is 5.97 Å². The van der Waals surface area contributed by atoms with Crippen LogP contribution in [-0.4, -0.2) is 47.2 Å². The summed E-state index contributed by atoms with van der Waals surface area (Å²) >= 11 is 0. The Morgan fingerprint density at radius 1 is 0.812 bits per heavy atom. The molecule has 1 aliphatic rings. The monoisotopic (exact) mass is 440 g/mol. The summed E-state index contributed by atoms with van der Waals surface area (Å²) < 4.78 is 5.91. The van der Waals surface area contributed by atoms with Gasteiger partial charge >= 0.3 is 5.97 Å². The predicted octanol–water partition coefficient (Wildman–Crippen LogP) is 2.36. The predicted molar refractivity (Wildman–Crippen MR) is 117 cm³/mol. The van der Waals surface area contributed by atoms with Gasteiger partial charge in [0.25, 0.3) is 11.8 Å². The van der Waals surface area contributed by atoms with Crippen LogP contribution in [0.1, 0.15) is 52.0 Å². The van der Waals surface area contributed by atoms with E-state index in [4.69, 9.17) is 14.9 Å². The van der Waals surface area contributed by atoms with Gasteiger partial charge in [-0.05, 0) is 67.6 Å². The summed E-state index contributed by atoms with van der Waals surface area (Å²) in [7, 11) is 0. The molecule has 0 atom stereocenters. The van der Waals surface area contributed by atoms with E-state index in [1.807, 2.05) is 0 Å². The molecule has 0 unspecified atom stereocenters. The molecule has 32 heavy (non-hydrogen) atoms. The molecule has 1 fully saturated rings. The average Bonchev–Trinajstić information content (AvgIpc) is 2.82. The number of carboxylic acids is 1. The Labute approximate surface area is 186 Å². The quantitative estimate of drug-likeness (QED) is 0.444. The number of aliphatic hydroxyl groups excluding tert-OH is 1. The lowest BCUT2D eigenvalue weighted by Crippen LogP contribution is -2.34. The van der Waals surface area contributed by atoms with E-state index >= 15 is 0 Å². The van der Waals surface area contributed by atoms with Crippen LogP contribution in [0.3, 0.4) is 0 Å². The molecule has 1 aliphatic carbocycles. The topological polar surface area (TPSA) is 125 Å². The first-order valence-electron chi connectivity index (χ1n) is 10.7. The molecule has 8 nitrogen and oxygen atoms in total. The Morgan fingerprint density at radius 3 is 1.78 bits per heavy atom. The molecule has 0 radical (unpaired) electrons. The van der Waals surface area contributed by atoms with E-state index in [-0.39, 0.29) is 43.5 Å². The van der Waals surface area contributed by atoms with E-state index in [0.29, 0.717) is 42.6 Å². The fourth-order valence-electron chi connectivity index (χ4n) is 3.62. The molecule has 8 heteroatoms. The van der Waals surface area contributed by atoms with Gasteiger partial charge in [-0.3, -0.25) is 14.4 Å². The number of aliphatic hydroxyl groups is 1. The third-order valence-electron chi connectivity index (χ3n) is 5.54. The van der Waals surface area contributed by atoms with Crippen LogP contribution in [0.25, 0.3) is 0 Å². The third-order valence-corrected chi connectivity index (χ3v) is 5.54. The van der Waals surface area contributed by atoms with Crippen molar-refractivity contribution in [2.75, 3.05) is 13.1 Å². The van der Waals surface area contributed by atoms with E-state index in [1.54, 1.807) is 48.5 Å². The number of hydrogen-bond donors (Lipinski definition) is 4. The second-order valence-corrected chi connectivity index (χ2v) is 7.82. The first-order chi connectivity index (χ1) is 15.5. The summed E-state index contributed by atoms with van der Waals surface area (Å²) in [4.78, 5) is 35.4. The number of carbonyl (C=O) groups is 3. The van der Waals surface area contributed by atoms with Crippen LogP contribution < -0.4 is 15.4 Å². The second kappa shape index (κ2) is 11.3. The normalized spacial score (nSPS) is 17.9. The lowest BCUT2D eigenvalue weighted by Gasteiger charge is -2.26. The fraction of sp³-hybridized carbons (Fsp3) is 0.375. The molecule has 0 bridgehead atoms. The van der Waals surface area contributed by atoms with Gasteiger partial charge < -0.3 is 25.6 Å². The van der Waals surface area contributed by atoms with Crippen molar-refractivity contribution in [3.8, 4) is 5.75 Å². The fourth-order valence-corrected chi connectivity index (χ4v) is 3.62. The highest BCUT2D eigenvalue weighted by atomic mass is 16.5. The zero-order valence-electron chi connectivity index (χ0n) is 17.8. The minimum absolute atomic E-state index is 0.00581. The zero-order chi connectivity index (χ0) is 22.9. The standard InChI is InChI=1S/C24H28N2O6/c27-15-16-1-3-17(4-2-16)22(28)25-13-14-26-23(29)18-5-9-20(10-6-18)32-21-11-7-19(8-12-21)24(30)31/h1-6,9-10,19,21,27H,7-8,11-15H2,(H,25,28)(H,26,29)(H,30,31). The highest BCUT2D eigenvalue weighted by Crippen LogP contribution is 2.28. The number of nitrogens with one attached hydrogen (secondary N) is 2. The van der Waals surface area contributed by atoms with E-state index in [9.17, 15) is 14.4 Å². The summed E-state index contributed by atoms with van der Waals surface area (Å²) in [5, 5.41) is 23.6. The van der Waals surface area contributed by atoms with Gasteiger partial charge in [0.05, 0.1) is 18.6 Å². The number of aliphatic carboxylic acids is 1. The average molecular weight is 440 g/mol. The van der Waals surface area contributed by atoms with Gasteiger partial charge in [0.2, 0.25) is 0 Å². The number of benzene rings is 2. The van der Waals surface area contributed by atoms with E-state index in [2.05, 4.69) is 10.6 Å². The van der Waals surface area contributed by atoms with Crippen LogP contribution >= 0.6 is 0 Å². The van der Waals surface area contributed by atoms with Gasteiger partial charge in [0, 0.05) is 24.2 Å². The van der Waals surface area contributed by atoms with E-state index in [1.165, 1.54) is 0 Å². The highest BCUT2D eigenvalue weighted by molar-refractivity contribution is 5.95. The molecule has 0 heterocycles. The van der Waals surface area contributed by atoms with E-state index in [0.717, 1.165) is 5.56 Å². The van der Waals surface area contributed by atoms with Crippen molar-refractivity contribution < 1.29 is 29.3 Å². The van der Waals surface area contributed by atoms with Gasteiger partial charge in [0.15, 0.2) is 0 Å². The molecule has 2 amide bonds. The number of ether oxygens (including phenoxy) is 1. The molecule has 0 aliphatic heterocycles. The number of carbonyl (C=O) groups excluding carboxylic acids is 2. The van der Waals surface area contributed by atoms with Crippen molar-refractivity contribution in [1.29, 1.82) is 0 Å². The van der Waals surface area contributed by atoms with Crippen molar-refractivity contribution in [2.45, 2.75) is 38.4 Å². The van der Waals surface area contributed by atoms with Crippen molar-refractivity contribution in [3.63, 3.8) is 0 Å². The number of carboxylic acid groups (broad SMARTS) is 1. The summed E-state index contributed by atoms with van der Waals surface area (Å²) in [5.41, 5.74) is 1.70. The Morgan fingerprint density at radius 2 is 1.31 bits per heavy atom. The van der Waals surface area contributed by atoms with Crippen molar-refractivity contribution in [1.82, 2.24) is 10.6 Å². The maximum atomic E-state index is 12.3. The SMILES string of the molecule is O=C(NCCNC(=O)c1ccc(OC2CCC(C(=O)O)CC2)cc1)c1ccc(CO)cc1. The molecular weight excluding hydrogens is 412 g/mol. The van der Waals surface area contributed by atoms with Crippen LogP contribution in [-0.2, 0) is 11.4 Å². The maximum Gasteiger partial charge on any atom is 0.306 e. The summed E-state index contributed by atoms with van der Waals surface area (Å²) in [5.74, 6) is -0.866. The lowest BCUT2D eigenvalue weighted by molar-refractivity contribution is -0.143. The largest absolute Gasteiger partial charge is 0.490 e.